The molecular formula is C9H18N2. The van der Waals surface area contributed by atoms with Gasteiger partial charge in [-0.15, -0.1) is 0 Å². The van der Waals surface area contributed by atoms with E-state index in [0.29, 0.717) is 0 Å². The summed E-state index contributed by atoms with van der Waals surface area (Å²) in [6.07, 6.45) is 6.40. The van der Waals surface area contributed by atoms with Crippen LogP contribution >= 0.6 is 0 Å². The zero-order chi connectivity index (χ0) is 8.53. The molecule has 0 radical (unpaired) electrons. The molecule has 0 saturated carbocycles. The number of hydrogen-bond donors (Lipinski definition) is 1. The molecule has 2 nitrogen and oxygen atoms in total. The van der Waals surface area contributed by atoms with Crippen molar-refractivity contribution >= 4 is 6.21 Å². The number of nitrogens with one attached hydrogen (secondary N) is 1. The maximum atomic E-state index is 3.78. The lowest BCUT2D eigenvalue weighted by atomic mass is 10.3. The molecule has 0 aromatic rings. The number of hydrogen-bond acceptors (Lipinski definition) is 2. The van der Waals surface area contributed by atoms with Crippen LogP contribution in [0.15, 0.2) is 16.8 Å². The third kappa shape index (κ3) is 7.10. The summed E-state index contributed by atoms with van der Waals surface area (Å²) in [6.45, 7) is 7.33. The second-order valence-electron chi connectivity index (χ2n) is 2.63. The molecule has 0 bridgehead atoms. The van der Waals surface area contributed by atoms with E-state index in [1.807, 2.05) is 6.08 Å². The highest BCUT2D eigenvalue weighted by Crippen LogP contribution is 1.89. The Morgan fingerprint density at radius 3 is 2.27 bits per heavy atom. The fraction of sp³-hybridized carbons (Fsp3) is 0.667. The van der Waals surface area contributed by atoms with Crippen molar-refractivity contribution in [2.75, 3.05) is 6.54 Å². The lowest BCUT2D eigenvalue weighted by Crippen LogP contribution is -2.11. The largest absolute Gasteiger partial charge is 0.306 e. The molecule has 0 spiro atoms. The van der Waals surface area contributed by atoms with Crippen molar-refractivity contribution in [3.05, 3.63) is 11.6 Å². The van der Waals surface area contributed by atoms with Gasteiger partial charge in [-0.25, -0.2) is 0 Å². The van der Waals surface area contributed by atoms with Gasteiger partial charge in [0.2, 0.25) is 0 Å². The van der Waals surface area contributed by atoms with Crippen molar-refractivity contribution in [1.29, 1.82) is 0 Å². The molecule has 2 heteroatoms. The van der Waals surface area contributed by atoms with Gasteiger partial charge in [-0.1, -0.05) is 32.3 Å². The first-order chi connectivity index (χ1) is 5.31. The third-order valence-corrected chi connectivity index (χ3v) is 1.38. The molecular weight excluding hydrogens is 136 g/mol. The van der Waals surface area contributed by atoms with Crippen LogP contribution in [0.3, 0.4) is 0 Å². The van der Waals surface area contributed by atoms with Gasteiger partial charge in [-0.3, -0.25) is 0 Å². The van der Waals surface area contributed by atoms with E-state index in [2.05, 4.69) is 31.3 Å². The molecule has 0 fully saturated rings. The topological polar surface area (TPSA) is 24.4 Å². The van der Waals surface area contributed by atoms with E-state index in [1.54, 1.807) is 6.21 Å². The lowest BCUT2D eigenvalue weighted by Gasteiger charge is -2.01. The summed E-state index contributed by atoms with van der Waals surface area (Å²) in [5.41, 5.74) is 4.16. The van der Waals surface area contributed by atoms with Crippen LogP contribution in [0.1, 0.15) is 33.6 Å². The van der Waals surface area contributed by atoms with Gasteiger partial charge in [0.25, 0.3) is 0 Å². The molecule has 0 unspecified atom stereocenters. The van der Waals surface area contributed by atoms with E-state index in [0.717, 1.165) is 6.54 Å². The first kappa shape index (κ1) is 10.2. The van der Waals surface area contributed by atoms with Gasteiger partial charge in [-0.2, -0.15) is 5.10 Å². The van der Waals surface area contributed by atoms with E-state index >= 15 is 0 Å². The summed E-state index contributed by atoms with van der Waals surface area (Å²) in [5, 5.41) is 3.78. The van der Waals surface area contributed by atoms with Crippen molar-refractivity contribution in [3.8, 4) is 0 Å². The average molecular weight is 154 g/mol. The Morgan fingerprint density at radius 1 is 1.45 bits per heavy atom. The zero-order valence-corrected chi connectivity index (χ0v) is 7.72. The summed E-state index contributed by atoms with van der Waals surface area (Å²) in [5.74, 6) is 0. The summed E-state index contributed by atoms with van der Waals surface area (Å²) < 4.78 is 0. The van der Waals surface area contributed by atoms with Crippen LogP contribution in [-0.4, -0.2) is 12.8 Å². The van der Waals surface area contributed by atoms with Crippen molar-refractivity contribution in [2.45, 2.75) is 33.6 Å². The minimum absolute atomic E-state index is 0.899. The summed E-state index contributed by atoms with van der Waals surface area (Å²) in [7, 11) is 0. The van der Waals surface area contributed by atoms with Gasteiger partial charge in [0.1, 0.15) is 0 Å². The summed E-state index contributed by atoms with van der Waals surface area (Å²) in [6, 6.07) is 0. The van der Waals surface area contributed by atoms with E-state index in [9.17, 15) is 0 Å². The Bertz CT molecular complexity index is 134. The second-order valence-corrected chi connectivity index (χ2v) is 2.63. The smallest absolute Gasteiger partial charge is 0.0540 e. The van der Waals surface area contributed by atoms with Gasteiger partial charge in [0.15, 0.2) is 0 Å². The maximum Gasteiger partial charge on any atom is 0.0540 e. The maximum absolute atomic E-state index is 3.78. The predicted molar refractivity (Wildman–Crippen MR) is 50.8 cm³/mol. The van der Waals surface area contributed by atoms with Crippen molar-refractivity contribution in [1.82, 2.24) is 5.43 Å². The molecule has 0 amide bonds. The summed E-state index contributed by atoms with van der Waals surface area (Å²) >= 11 is 0. The Kier molecular flexibility index (Phi) is 6.79. The molecule has 0 saturated heterocycles. The highest BCUT2D eigenvalue weighted by atomic mass is 15.3. The number of hydrazone groups is 1. The van der Waals surface area contributed by atoms with Gasteiger partial charge in [-0.05, 0) is 13.0 Å². The van der Waals surface area contributed by atoms with Crippen LogP contribution in [0.25, 0.3) is 0 Å². The Hall–Kier alpha value is -0.790. The number of nitrogens with zero attached hydrogens (tertiary/aromatic N) is 1. The SMILES string of the molecule is CC1=CC=NNC1.CCCC. The predicted octanol–water partition coefficient (Wildman–Crippen LogP) is 2.33. The highest BCUT2D eigenvalue weighted by Gasteiger charge is 1.87. The van der Waals surface area contributed by atoms with Crippen molar-refractivity contribution < 1.29 is 0 Å². The third-order valence-electron chi connectivity index (χ3n) is 1.38. The molecule has 1 aliphatic heterocycles. The van der Waals surface area contributed by atoms with Gasteiger partial charge in [0.05, 0.1) is 6.54 Å². The normalized spacial score (nSPS) is 14.3. The molecule has 11 heavy (non-hydrogen) atoms. The van der Waals surface area contributed by atoms with E-state index in [4.69, 9.17) is 0 Å². The zero-order valence-electron chi connectivity index (χ0n) is 7.72. The molecule has 64 valence electrons. The minimum Gasteiger partial charge on any atom is -0.306 e. The van der Waals surface area contributed by atoms with Crippen molar-refractivity contribution in [2.24, 2.45) is 5.10 Å². The van der Waals surface area contributed by atoms with Crippen LogP contribution in [0, 0.1) is 0 Å². The van der Waals surface area contributed by atoms with Crippen LogP contribution in [0.4, 0.5) is 0 Å². The first-order valence-electron chi connectivity index (χ1n) is 4.23. The molecule has 1 rings (SSSR count). The average Bonchev–Trinajstić information content (AvgIpc) is 2.07. The minimum atomic E-state index is 0.899. The van der Waals surface area contributed by atoms with E-state index in [1.165, 1.54) is 18.4 Å². The quantitative estimate of drug-likeness (QED) is 0.616. The molecule has 0 aromatic carbocycles. The highest BCUT2D eigenvalue weighted by molar-refractivity contribution is 5.72. The van der Waals surface area contributed by atoms with Crippen LogP contribution in [0.5, 0.6) is 0 Å². The molecule has 1 N–H and O–H groups in total. The Labute approximate surface area is 69.4 Å². The fourth-order valence-electron chi connectivity index (χ4n) is 0.446. The molecule has 0 aliphatic carbocycles. The molecule has 1 aliphatic rings. The Morgan fingerprint density at radius 2 is 2.09 bits per heavy atom. The van der Waals surface area contributed by atoms with Crippen LogP contribution < -0.4 is 5.43 Å². The van der Waals surface area contributed by atoms with Crippen LogP contribution in [0.2, 0.25) is 0 Å². The van der Waals surface area contributed by atoms with Gasteiger partial charge >= 0.3 is 0 Å². The summed E-state index contributed by atoms with van der Waals surface area (Å²) in [4.78, 5) is 0. The van der Waals surface area contributed by atoms with Gasteiger partial charge < -0.3 is 5.43 Å². The number of allylic oxidation sites excluding steroid dienone is 1. The molecule has 1 heterocycles. The molecule has 0 aromatic heterocycles. The van der Waals surface area contributed by atoms with Crippen molar-refractivity contribution in [3.63, 3.8) is 0 Å². The van der Waals surface area contributed by atoms with E-state index < -0.39 is 0 Å². The second kappa shape index (κ2) is 7.32. The molecule has 0 atom stereocenters. The first-order valence-corrected chi connectivity index (χ1v) is 4.23. The van der Waals surface area contributed by atoms with Crippen LogP contribution in [-0.2, 0) is 0 Å². The lowest BCUT2D eigenvalue weighted by molar-refractivity contribution is 0.793. The Balaban J connectivity index is 0.000000218. The van der Waals surface area contributed by atoms with E-state index in [-0.39, 0.29) is 0 Å². The number of rotatable bonds is 1. The standard InChI is InChI=1S/C5H8N2.C4H10/c1-5-2-3-6-7-4-5;1-3-4-2/h2-3,7H,4H2,1H3;3-4H2,1-2H3. The monoisotopic (exact) mass is 154 g/mol. The fourth-order valence-corrected chi connectivity index (χ4v) is 0.446. The van der Waals surface area contributed by atoms with Gasteiger partial charge in [0, 0.05) is 6.21 Å². The number of unbranched alkanes of at least 4 members (excludes halogenated alkanes) is 1.